The number of carbonyl (C=O) groups is 3. The van der Waals surface area contributed by atoms with E-state index in [2.05, 4.69) is 16.0 Å². The number of hydrogen-bond donors (Lipinski definition) is 3. The van der Waals surface area contributed by atoms with Crippen LogP contribution < -0.4 is 25.4 Å². The van der Waals surface area contributed by atoms with E-state index in [0.717, 1.165) is 25.7 Å². The Bertz CT molecular complexity index is 935. The van der Waals surface area contributed by atoms with E-state index in [1.807, 2.05) is 0 Å². The number of carbonyl (C=O) groups excluding carboxylic acids is 3. The minimum absolute atomic E-state index is 0.0427. The maximum atomic E-state index is 12.4. The number of nitrogens with one attached hydrogen (secondary N) is 3. The third-order valence-electron chi connectivity index (χ3n) is 5.34. The van der Waals surface area contributed by atoms with Crippen LogP contribution in [0.4, 0.5) is 11.4 Å². The molecule has 1 heterocycles. The summed E-state index contributed by atoms with van der Waals surface area (Å²) in [5.41, 5.74) is 0.730. The number of furan rings is 1. The standard InChI is InChI=1S/C23H29N3O6/c1-30-19-14-17(26-23(29)18-9-6-12-32-18)20(31-2)13-16(19)25-22(28)11-10-21(27)24-15-7-4-3-5-8-15/h6,9,12-15H,3-5,7-8,10-11H2,1-2H3,(H,24,27)(H,25,28)(H,26,29). The number of rotatable bonds is 9. The molecule has 0 radical (unpaired) electrons. The van der Waals surface area contributed by atoms with Gasteiger partial charge >= 0.3 is 0 Å². The van der Waals surface area contributed by atoms with Crippen molar-refractivity contribution in [1.29, 1.82) is 0 Å². The summed E-state index contributed by atoms with van der Waals surface area (Å²) >= 11 is 0. The molecule has 0 unspecified atom stereocenters. The summed E-state index contributed by atoms with van der Waals surface area (Å²) in [7, 11) is 2.90. The highest BCUT2D eigenvalue weighted by Crippen LogP contribution is 2.36. The molecule has 9 nitrogen and oxygen atoms in total. The van der Waals surface area contributed by atoms with Crippen molar-refractivity contribution in [2.75, 3.05) is 24.9 Å². The van der Waals surface area contributed by atoms with Crippen LogP contribution in [0.3, 0.4) is 0 Å². The number of hydrogen-bond acceptors (Lipinski definition) is 6. The van der Waals surface area contributed by atoms with Gasteiger partial charge in [0.05, 0.1) is 31.9 Å². The molecule has 3 amide bonds. The van der Waals surface area contributed by atoms with Crippen molar-refractivity contribution in [3.05, 3.63) is 36.3 Å². The topological polar surface area (TPSA) is 119 Å². The molecule has 1 aliphatic rings. The highest BCUT2D eigenvalue weighted by atomic mass is 16.5. The zero-order valence-electron chi connectivity index (χ0n) is 18.4. The molecule has 172 valence electrons. The molecule has 3 N–H and O–H groups in total. The highest BCUT2D eigenvalue weighted by molar-refractivity contribution is 6.04. The van der Waals surface area contributed by atoms with E-state index in [4.69, 9.17) is 13.9 Å². The van der Waals surface area contributed by atoms with Crippen LogP contribution in [0.5, 0.6) is 11.5 Å². The molecule has 1 aromatic carbocycles. The van der Waals surface area contributed by atoms with Gasteiger partial charge in [0.2, 0.25) is 11.8 Å². The third-order valence-corrected chi connectivity index (χ3v) is 5.34. The predicted molar refractivity (Wildman–Crippen MR) is 119 cm³/mol. The largest absolute Gasteiger partial charge is 0.494 e. The van der Waals surface area contributed by atoms with Crippen LogP contribution in [-0.2, 0) is 9.59 Å². The van der Waals surface area contributed by atoms with Crippen LogP contribution in [0, 0.1) is 0 Å². The Morgan fingerprint density at radius 3 is 2.16 bits per heavy atom. The van der Waals surface area contributed by atoms with Gasteiger partial charge < -0.3 is 29.8 Å². The SMILES string of the molecule is COc1cc(NC(=O)c2ccco2)c(OC)cc1NC(=O)CCC(=O)NC1CCCCC1. The number of benzene rings is 1. The van der Waals surface area contributed by atoms with Crippen LogP contribution in [0.1, 0.15) is 55.5 Å². The zero-order chi connectivity index (χ0) is 22.9. The molecule has 32 heavy (non-hydrogen) atoms. The van der Waals surface area contributed by atoms with E-state index in [1.54, 1.807) is 18.2 Å². The first-order valence-corrected chi connectivity index (χ1v) is 10.7. The zero-order valence-corrected chi connectivity index (χ0v) is 18.4. The van der Waals surface area contributed by atoms with Crippen molar-refractivity contribution in [3.8, 4) is 11.5 Å². The van der Waals surface area contributed by atoms with E-state index in [0.29, 0.717) is 22.9 Å². The minimum Gasteiger partial charge on any atom is -0.494 e. The first-order chi connectivity index (χ1) is 15.5. The van der Waals surface area contributed by atoms with Gasteiger partial charge in [-0.1, -0.05) is 19.3 Å². The Hall–Kier alpha value is -3.49. The Morgan fingerprint density at radius 1 is 0.938 bits per heavy atom. The smallest absolute Gasteiger partial charge is 0.291 e. The molecule has 0 aliphatic heterocycles. The molecule has 1 aromatic heterocycles. The average Bonchev–Trinajstić information content (AvgIpc) is 3.34. The third kappa shape index (κ3) is 6.26. The van der Waals surface area contributed by atoms with Crippen molar-refractivity contribution in [3.63, 3.8) is 0 Å². The summed E-state index contributed by atoms with van der Waals surface area (Å²) in [4.78, 5) is 36.9. The molecule has 0 atom stereocenters. The van der Waals surface area contributed by atoms with Gasteiger partial charge in [0.15, 0.2) is 5.76 Å². The molecule has 0 bridgehead atoms. The van der Waals surface area contributed by atoms with E-state index in [-0.39, 0.29) is 36.5 Å². The molecule has 1 saturated carbocycles. The summed E-state index contributed by atoms with van der Waals surface area (Å²) in [6.45, 7) is 0. The normalized spacial score (nSPS) is 13.8. The van der Waals surface area contributed by atoms with Crippen molar-refractivity contribution in [1.82, 2.24) is 5.32 Å². The van der Waals surface area contributed by atoms with Crippen LogP contribution in [0.25, 0.3) is 0 Å². The number of anilines is 2. The summed E-state index contributed by atoms with van der Waals surface area (Å²) in [5, 5.41) is 8.45. The van der Waals surface area contributed by atoms with Gasteiger partial charge in [-0.3, -0.25) is 14.4 Å². The Labute approximate surface area is 186 Å². The minimum atomic E-state index is -0.448. The average molecular weight is 444 g/mol. The lowest BCUT2D eigenvalue weighted by Crippen LogP contribution is -2.36. The molecular formula is C23H29N3O6. The van der Waals surface area contributed by atoms with Gasteiger partial charge in [0.25, 0.3) is 5.91 Å². The monoisotopic (exact) mass is 443 g/mol. The molecule has 1 fully saturated rings. The Morgan fingerprint density at radius 2 is 1.56 bits per heavy atom. The van der Waals surface area contributed by atoms with Crippen LogP contribution in [0.2, 0.25) is 0 Å². The predicted octanol–water partition coefficient (Wildman–Crippen LogP) is 3.72. The number of amides is 3. The molecule has 2 aromatic rings. The van der Waals surface area contributed by atoms with E-state index in [9.17, 15) is 14.4 Å². The van der Waals surface area contributed by atoms with Gasteiger partial charge in [-0.15, -0.1) is 0 Å². The fraction of sp³-hybridized carbons (Fsp3) is 0.435. The van der Waals surface area contributed by atoms with Crippen molar-refractivity contribution in [2.24, 2.45) is 0 Å². The second-order valence-electron chi connectivity index (χ2n) is 7.63. The summed E-state index contributed by atoms with van der Waals surface area (Å²) in [6, 6.07) is 6.47. The molecular weight excluding hydrogens is 414 g/mol. The molecule has 3 rings (SSSR count). The van der Waals surface area contributed by atoms with Crippen LogP contribution in [-0.4, -0.2) is 38.0 Å². The molecule has 0 spiro atoms. The summed E-state index contributed by atoms with van der Waals surface area (Å²) in [6.07, 6.45) is 7.03. The van der Waals surface area contributed by atoms with Gasteiger partial charge in [0, 0.05) is 31.0 Å². The molecule has 0 saturated heterocycles. The summed E-state index contributed by atoms with van der Waals surface area (Å²) in [5.74, 6) is -0.0771. The number of ether oxygens (including phenoxy) is 2. The van der Waals surface area contributed by atoms with E-state index in [1.165, 1.54) is 33.0 Å². The molecule has 9 heteroatoms. The van der Waals surface area contributed by atoms with Crippen LogP contribution in [0.15, 0.2) is 34.9 Å². The Kier molecular flexibility index (Phi) is 8.13. The van der Waals surface area contributed by atoms with Crippen LogP contribution >= 0.6 is 0 Å². The second kappa shape index (κ2) is 11.2. The Balaban J connectivity index is 1.60. The van der Waals surface area contributed by atoms with E-state index >= 15 is 0 Å². The van der Waals surface area contributed by atoms with Crippen molar-refractivity contribution < 1.29 is 28.3 Å². The highest BCUT2D eigenvalue weighted by Gasteiger charge is 2.19. The maximum absolute atomic E-state index is 12.4. The van der Waals surface area contributed by atoms with Gasteiger partial charge in [-0.2, -0.15) is 0 Å². The first-order valence-electron chi connectivity index (χ1n) is 10.7. The van der Waals surface area contributed by atoms with Crippen molar-refractivity contribution in [2.45, 2.75) is 51.0 Å². The molecule has 1 aliphatic carbocycles. The second-order valence-corrected chi connectivity index (χ2v) is 7.63. The lowest BCUT2D eigenvalue weighted by Gasteiger charge is -2.22. The van der Waals surface area contributed by atoms with Gasteiger partial charge in [0.1, 0.15) is 11.5 Å². The fourth-order valence-electron chi connectivity index (χ4n) is 3.67. The fourth-order valence-corrected chi connectivity index (χ4v) is 3.67. The van der Waals surface area contributed by atoms with E-state index < -0.39 is 5.91 Å². The number of methoxy groups -OCH3 is 2. The van der Waals surface area contributed by atoms with Crippen molar-refractivity contribution >= 4 is 29.1 Å². The van der Waals surface area contributed by atoms with Gasteiger partial charge in [-0.05, 0) is 25.0 Å². The van der Waals surface area contributed by atoms with Gasteiger partial charge in [-0.25, -0.2) is 0 Å². The lowest BCUT2D eigenvalue weighted by molar-refractivity contribution is -0.125. The summed E-state index contributed by atoms with van der Waals surface area (Å²) < 4.78 is 15.8. The lowest BCUT2D eigenvalue weighted by atomic mass is 9.95. The first kappa shape index (κ1) is 23.2. The maximum Gasteiger partial charge on any atom is 0.291 e. The quantitative estimate of drug-likeness (QED) is 0.544.